The van der Waals surface area contributed by atoms with Crippen molar-refractivity contribution in [2.75, 3.05) is 7.11 Å². The molecule has 0 bridgehead atoms. The first-order valence-corrected chi connectivity index (χ1v) is 5.96. The number of phenolic OH excluding ortho intramolecular Hbond substituents is 1. The van der Waals surface area contributed by atoms with Crippen LogP contribution in [0.4, 0.5) is 0 Å². The average Bonchev–Trinajstić information content (AvgIpc) is 2.48. The highest BCUT2D eigenvalue weighted by molar-refractivity contribution is 5.97. The average molecular weight is 270 g/mol. The quantitative estimate of drug-likeness (QED) is 0.660. The minimum absolute atomic E-state index is 0.0819. The minimum atomic E-state index is -0.470. The second-order valence-electron chi connectivity index (χ2n) is 3.99. The number of ether oxygens (including phenoxy) is 1. The number of amides is 1. The fraction of sp³-hybridized carbons (Fsp3) is 0.0667. The first-order chi connectivity index (χ1) is 9.70. The number of hydrazone groups is 1. The third kappa shape index (κ3) is 3.35. The van der Waals surface area contributed by atoms with Gasteiger partial charge >= 0.3 is 0 Å². The van der Waals surface area contributed by atoms with Crippen LogP contribution in [0.2, 0.25) is 0 Å². The molecule has 0 unspecified atom stereocenters. The zero-order valence-corrected chi connectivity index (χ0v) is 10.9. The highest BCUT2D eigenvalue weighted by Crippen LogP contribution is 2.15. The lowest BCUT2D eigenvalue weighted by atomic mass is 10.2. The van der Waals surface area contributed by atoms with Gasteiger partial charge in [0.2, 0.25) is 0 Å². The van der Waals surface area contributed by atoms with Gasteiger partial charge in [0, 0.05) is 0 Å². The molecule has 0 spiro atoms. The van der Waals surface area contributed by atoms with E-state index in [4.69, 9.17) is 4.74 Å². The summed E-state index contributed by atoms with van der Waals surface area (Å²) < 4.78 is 5.09. The molecule has 2 aromatic carbocycles. The SMILES string of the molecule is COc1cccc(C=NNC(=O)c2ccccc2O)c1. The van der Waals surface area contributed by atoms with Gasteiger partial charge in [-0.15, -0.1) is 0 Å². The lowest BCUT2D eigenvalue weighted by Crippen LogP contribution is -2.17. The van der Waals surface area contributed by atoms with E-state index in [9.17, 15) is 9.90 Å². The van der Waals surface area contributed by atoms with Gasteiger partial charge < -0.3 is 9.84 Å². The zero-order valence-electron chi connectivity index (χ0n) is 10.9. The first-order valence-electron chi connectivity index (χ1n) is 5.96. The van der Waals surface area contributed by atoms with Gasteiger partial charge in [-0.05, 0) is 29.8 Å². The first kappa shape index (κ1) is 13.6. The Morgan fingerprint density at radius 3 is 2.80 bits per heavy atom. The molecule has 0 aliphatic heterocycles. The van der Waals surface area contributed by atoms with E-state index >= 15 is 0 Å². The van der Waals surface area contributed by atoms with Crippen molar-refractivity contribution < 1.29 is 14.6 Å². The van der Waals surface area contributed by atoms with Crippen LogP contribution in [-0.4, -0.2) is 24.3 Å². The van der Waals surface area contributed by atoms with Gasteiger partial charge in [-0.25, -0.2) is 5.43 Å². The molecule has 0 radical (unpaired) electrons. The van der Waals surface area contributed by atoms with E-state index in [0.717, 1.165) is 5.56 Å². The number of nitrogens with one attached hydrogen (secondary N) is 1. The van der Waals surface area contributed by atoms with Crippen LogP contribution in [0, 0.1) is 0 Å². The molecule has 0 aliphatic carbocycles. The van der Waals surface area contributed by atoms with Crippen molar-refractivity contribution in [3.8, 4) is 11.5 Å². The Morgan fingerprint density at radius 2 is 2.05 bits per heavy atom. The summed E-state index contributed by atoms with van der Waals surface area (Å²) in [7, 11) is 1.58. The van der Waals surface area contributed by atoms with E-state index in [1.54, 1.807) is 25.3 Å². The summed E-state index contributed by atoms with van der Waals surface area (Å²) in [6, 6.07) is 13.5. The van der Waals surface area contributed by atoms with E-state index in [1.807, 2.05) is 18.2 Å². The van der Waals surface area contributed by atoms with Crippen LogP contribution in [-0.2, 0) is 0 Å². The van der Waals surface area contributed by atoms with Crippen molar-refractivity contribution in [1.82, 2.24) is 5.43 Å². The number of hydrogen-bond acceptors (Lipinski definition) is 4. The zero-order chi connectivity index (χ0) is 14.4. The van der Waals surface area contributed by atoms with Gasteiger partial charge in [-0.2, -0.15) is 5.10 Å². The van der Waals surface area contributed by atoms with E-state index in [2.05, 4.69) is 10.5 Å². The van der Waals surface area contributed by atoms with Crippen molar-refractivity contribution in [1.29, 1.82) is 0 Å². The molecular weight excluding hydrogens is 256 g/mol. The predicted octanol–water partition coefficient (Wildman–Crippen LogP) is 2.16. The number of phenols is 1. The molecule has 5 heteroatoms. The van der Waals surface area contributed by atoms with Crippen LogP contribution in [0.15, 0.2) is 53.6 Å². The van der Waals surface area contributed by atoms with Gasteiger partial charge in [-0.1, -0.05) is 24.3 Å². The number of nitrogens with zero attached hydrogens (tertiary/aromatic N) is 1. The molecule has 20 heavy (non-hydrogen) atoms. The molecule has 0 saturated carbocycles. The minimum Gasteiger partial charge on any atom is -0.507 e. The topological polar surface area (TPSA) is 70.9 Å². The lowest BCUT2D eigenvalue weighted by molar-refractivity contribution is 0.0952. The number of para-hydroxylation sites is 1. The highest BCUT2D eigenvalue weighted by Gasteiger charge is 2.08. The van der Waals surface area contributed by atoms with Crippen LogP contribution < -0.4 is 10.2 Å². The fourth-order valence-electron chi connectivity index (χ4n) is 1.61. The summed E-state index contributed by atoms with van der Waals surface area (Å²) in [5, 5.41) is 13.4. The molecule has 0 aliphatic rings. The number of hydrogen-bond donors (Lipinski definition) is 2. The Labute approximate surface area is 116 Å². The van der Waals surface area contributed by atoms with E-state index in [0.29, 0.717) is 5.75 Å². The second kappa shape index (κ2) is 6.38. The molecule has 2 rings (SSSR count). The number of benzene rings is 2. The van der Waals surface area contributed by atoms with Gasteiger partial charge in [0.25, 0.3) is 5.91 Å². The van der Waals surface area contributed by atoms with Gasteiger partial charge in [0.1, 0.15) is 11.5 Å². The maximum Gasteiger partial charge on any atom is 0.275 e. The van der Waals surface area contributed by atoms with Crippen molar-refractivity contribution >= 4 is 12.1 Å². The molecule has 0 heterocycles. The summed E-state index contributed by atoms with van der Waals surface area (Å²) in [4.78, 5) is 11.8. The molecule has 5 nitrogen and oxygen atoms in total. The van der Waals surface area contributed by atoms with Crippen molar-refractivity contribution in [3.63, 3.8) is 0 Å². The number of rotatable bonds is 4. The molecule has 0 aromatic heterocycles. The van der Waals surface area contributed by atoms with Gasteiger partial charge in [0.05, 0.1) is 18.9 Å². The predicted molar refractivity (Wildman–Crippen MR) is 76.2 cm³/mol. The van der Waals surface area contributed by atoms with E-state index < -0.39 is 5.91 Å². The van der Waals surface area contributed by atoms with Gasteiger partial charge in [-0.3, -0.25) is 4.79 Å². The normalized spacial score (nSPS) is 10.4. The maximum atomic E-state index is 11.8. The number of aromatic hydroxyl groups is 1. The maximum absolute atomic E-state index is 11.8. The van der Waals surface area contributed by atoms with Crippen LogP contribution in [0.1, 0.15) is 15.9 Å². The summed E-state index contributed by atoms with van der Waals surface area (Å²) in [6.45, 7) is 0. The fourth-order valence-corrected chi connectivity index (χ4v) is 1.61. The number of carbonyl (C=O) groups is 1. The number of methoxy groups -OCH3 is 1. The summed E-state index contributed by atoms with van der Waals surface area (Å²) in [5.41, 5.74) is 3.33. The largest absolute Gasteiger partial charge is 0.507 e. The third-order valence-electron chi connectivity index (χ3n) is 2.62. The Bertz CT molecular complexity index is 639. The molecule has 0 saturated heterocycles. The molecule has 0 atom stereocenters. The van der Waals surface area contributed by atoms with Crippen molar-refractivity contribution in [3.05, 3.63) is 59.7 Å². The van der Waals surface area contributed by atoms with E-state index in [1.165, 1.54) is 18.3 Å². The van der Waals surface area contributed by atoms with Crippen LogP contribution >= 0.6 is 0 Å². The Morgan fingerprint density at radius 1 is 1.25 bits per heavy atom. The molecule has 2 aromatic rings. The Hall–Kier alpha value is -2.82. The third-order valence-corrected chi connectivity index (χ3v) is 2.62. The molecule has 1 amide bonds. The standard InChI is InChI=1S/C15H14N2O3/c1-20-12-6-4-5-11(9-12)10-16-17-15(19)13-7-2-3-8-14(13)18/h2-10,18H,1H3,(H,17,19). The van der Waals surface area contributed by atoms with Crippen molar-refractivity contribution in [2.45, 2.75) is 0 Å². The van der Waals surface area contributed by atoms with Crippen LogP contribution in [0.25, 0.3) is 0 Å². The monoisotopic (exact) mass is 270 g/mol. The molecule has 2 N–H and O–H groups in total. The summed E-state index contributed by atoms with van der Waals surface area (Å²) in [6.07, 6.45) is 1.50. The molecule has 0 fully saturated rings. The van der Waals surface area contributed by atoms with E-state index in [-0.39, 0.29) is 11.3 Å². The van der Waals surface area contributed by atoms with Crippen LogP contribution in [0.5, 0.6) is 11.5 Å². The van der Waals surface area contributed by atoms with Gasteiger partial charge in [0.15, 0.2) is 0 Å². The summed E-state index contributed by atoms with van der Waals surface area (Å²) >= 11 is 0. The summed E-state index contributed by atoms with van der Waals surface area (Å²) in [5.74, 6) is 0.157. The van der Waals surface area contributed by atoms with Crippen LogP contribution in [0.3, 0.4) is 0 Å². The lowest BCUT2D eigenvalue weighted by Gasteiger charge is -2.02. The smallest absolute Gasteiger partial charge is 0.275 e. The Kier molecular flexibility index (Phi) is 4.34. The highest BCUT2D eigenvalue weighted by atomic mass is 16.5. The molecule has 102 valence electrons. The molecular formula is C15H14N2O3. The van der Waals surface area contributed by atoms with Crippen molar-refractivity contribution in [2.24, 2.45) is 5.10 Å². The second-order valence-corrected chi connectivity index (χ2v) is 3.99. The number of carbonyl (C=O) groups excluding carboxylic acids is 1. The Balaban J connectivity index is 2.03.